The van der Waals surface area contributed by atoms with E-state index < -0.39 is 0 Å². The quantitative estimate of drug-likeness (QED) is 0.798. The summed E-state index contributed by atoms with van der Waals surface area (Å²) in [5, 5.41) is 8.34. The lowest BCUT2D eigenvalue weighted by Crippen LogP contribution is -2.13. The van der Waals surface area contributed by atoms with Gasteiger partial charge in [0.25, 0.3) is 0 Å². The number of nitrogens with two attached hydrogens (primary N) is 1. The number of rotatable bonds is 2. The molecule has 0 aliphatic rings. The molecule has 0 bridgehead atoms. The van der Waals surface area contributed by atoms with Crippen molar-refractivity contribution in [3.63, 3.8) is 0 Å². The van der Waals surface area contributed by atoms with Crippen LogP contribution in [0.5, 0.6) is 0 Å². The van der Waals surface area contributed by atoms with Crippen molar-refractivity contribution in [3.8, 4) is 0 Å². The van der Waals surface area contributed by atoms with E-state index >= 15 is 0 Å². The molecule has 0 fully saturated rings. The predicted molar refractivity (Wildman–Crippen MR) is 51.7 cm³/mol. The molecule has 13 heavy (non-hydrogen) atoms. The molecule has 3 N–H and O–H groups in total. The maximum Gasteiger partial charge on any atom is 0.145 e. The molecule has 0 aliphatic heterocycles. The Labute approximate surface area is 83.8 Å². The number of nitrogens with zero attached hydrogens (tertiary/aromatic N) is 2. The van der Waals surface area contributed by atoms with E-state index in [1.807, 2.05) is 11.4 Å². The third kappa shape index (κ3) is 1.58. The third-order valence-corrected chi connectivity index (χ3v) is 2.91. The van der Waals surface area contributed by atoms with Crippen molar-refractivity contribution < 1.29 is 0 Å². The maximum absolute atomic E-state index is 5.93. The minimum atomic E-state index is -0.318. The van der Waals surface area contributed by atoms with Crippen molar-refractivity contribution in [2.24, 2.45) is 5.73 Å². The van der Waals surface area contributed by atoms with Gasteiger partial charge in [0.05, 0.1) is 10.4 Å². The van der Waals surface area contributed by atoms with E-state index in [0.29, 0.717) is 10.2 Å². The van der Waals surface area contributed by atoms with Crippen molar-refractivity contribution in [1.29, 1.82) is 0 Å². The molecule has 6 heteroatoms. The Balaban J connectivity index is 2.33. The lowest BCUT2D eigenvalue weighted by molar-refractivity contribution is 0.791. The molecule has 2 aromatic heterocycles. The van der Waals surface area contributed by atoms with Gasteiger partial charge in [0, 0.05) is 5.56 Å². The molecule has 0 spiro atoms. The van der Waals surface area contributed by atoms with E-state index in [9.17, 15) is 0 Å². The van der Waals surface area contributed by atoms with E-state index in [1.165, 1.54) is 17.7 Å². The van der Waals surface area contributed by atoms with Gasteiger partial charge in [0.2, 0.25) is 0 Å². The van der Waals surface area contributed by atoms with Crippen LogP contribution in [-0.2, 0) is 0 Å². The Morgan fingerprint density at radius 2 is 2.46 bits per heavy atom. The third-order valence-electron chi connectivity index (χ3n) is 1.71. The van der Waals surface area contributed by atoms with Crippen LogP contribution in [0.4, 0.5) is 0 Å². The number of nitrogens with one attached hydrogen (secondary N) is 1. The second-order valence-corrected chi connectivity index (χ2v) is 4.02. The molecular formula is C7H7ClN4S. The Hall–Kier alpha value is -0.910. The SMILES string of the molecule is NC(c1ncn[nH]1)c1ccsc1Cl. The fraction of sp³-hybridized carbons (Fsp3) is 0.143. The highest BCUT2D eigenvalue weighted by Gasteiger charge is 2.15. The van der Waals surface area contributed by atoms with Crippen LogP contribution < -0.4 is 5.73 Å². The zero-order chi connectivity index (χ0) is 9.26. The van der Waals surface area contributed by atoms with E-state index in [1.54, 1.807) is 0 Å². The van der Waals surface area contributed by atoms with Crippen LogP contribution >= 0.6 is 22.9 Å². The van der Waals surface area contributed by atoms with Gasteiger partial charge in [0.1, 0.15) is 12.2 Å². The van der Waals surface area contributed by atoms with Gasteiger partial charge in [-0.2, -0.15) is 5.10 Å². The Kier molecular flexibility index (Phi) is 2.30. The molecule has 0 aromatic carbocycles. The van der Waals surface area contributed by atoms with Gasteiger partial charge in [0.15, 0.2) is 0 Å². The van der Waals surface area contributed by atoms with Gasteiger partial charge in [-0.3, -0.25) is 5.10 Å². The summed E-state index contributed by atoms with van der Waals surface area (Å²) < 4.78 is 0.698. The van der Waals surface area contributed by atoms with Crippen LogP contribution in [0, 0.1) is 0 Å². The van der Waals surface area contributed by atoms with Crippen molar-refractivity contribution in [2.45, 2.75) is 6.04 Å². The highest BCUT2D eigenvalue weighted by molar-refractivity contribution is 7.14. The molecule has 0 saturated carbocycles. The van der Waals surface area contributed by atoms with Crippen molar-refractivity contribution in [1.82, 2.24) is 15.2 Å². The number of hydrogen-bond donors (Lipinski definition) is 2. The second-order valence-electron chi connectivity index (χ2n) is 2.50. The standard InChI is InChI=1S/C7H7ClN4S/c8-6-4(1-2-13-6)5(9)7-10-3-11-12-7/h1-3,5H,9H2,(H,10,11,12). The van der Waals surface area contributed by atoms with Crippen LogP contribution in [0.3, 0.4) is 0 Å². The number of aromatic nitrogens is 3. The first kappa shape index (κ1) is 8.68. The van der Waals surface area contributed by atoms with E-state index in [0.717, 1.165) is 5.56 Å². The monoisotopic (exact) mass is 214 g/mol. The number of H-pyrrole nitrogens is 1. The fourth-order valence-electron chi connectivity index (χ4n) is 1.04. The highest BCUT2D eigenvalue weighted by atomic mass is 35.5. The smallest absolute Gasteiger partial charge is 0.145 e. The summed E-state index contributed by atoms with van der Waals surface area (Å²) in [6.07, 6.45) is 1.43. The van der Waals surface area contributed by atoms with Crippen molar-refractivity contribution in [2.75, 3.05) is 0 Å². The molecule has 4 nitrogen and oxygen atoms in total. The summed E-state index contributed by atoms with van der Waals surface area (Å²) >= 11 is 7.38. The summed E-state index contributed by atoms with van der Waals surface area (Å²) in [5.74, 6) is 0.625. The summed E-state index contributed by atoms with van der Waals surface area (Å²) in [7, 11) is 0. The highest BCUT2D eigenvalue weighted by Crippen LogP contribution is 2.29. The summed E-state index contributed by atoms with van der Waals surface area (Å²) in [5.41, 5.74) is 6.77. The summed E-state index contributed by atoms with van der Waals surface area (Å²) in [6, 6.07) is 1.57. The number of thiophene rings is 1. The lowest BCUT2D eigenvalue weighted by atomic mass is 10.1. The largest absolute Gasteiger partial charge is 0.318 e. The molecule has 2 aromatic rings. The van der Waals surface area contributed by atoms with Crippen LogP contribution in [-0.4, -0.2) is 15.2 Å². The first-order valence-electron chi connectivity index (χ1n) is 3.63. The minimum Gasteiger partial charge on any atom is -0.318 e. The molecule has 2 heterocycles. The average molecular weight is 215 g/mol. The first-order chi connectivity index (χ1) is 6.29. The van der Waals surface area contributed by atoms with Gasteiger partial charge in [-0.1, -0.05) is 11.6 Å². The van der Waals surface area contributed by atoms with Gasteiger partial charge in [-0.15, -0.1) is 11.3 Å². The maximum atomic E-state index is 5.93. The van der Waals surface area contributed by atoms with E-state index in [-0.39, 0.29) is 6.04 Å². The van der Waals surface area contributed by atoms with Crippen LogP contribution in [0.15, 0.2) is 17.8 Å². The molecule has 0 amide bonds. The molecule has 0 radical (unpaired) electrons. The molecule has 0 aliphatic carbocycles. The summed E-state index contributed by atoms with van der Waals surface area (Å²) in [6.45, 7) is 0. The Bertz CT molecular complexity index is 383. The van der Waals surface area contributed by atoms with Crippen molar-refractivity contribution in [3.05, 3.63) is 33.5 Å². The van der Waals surface area contributed by atoms with E-state index in [4.69, 9.17) is 17.3 Å². The second kappa shape index (κ2) is 3.45. The van der Waals surface area contributed by atoms with Gasteiger partial charge < -0.3 is 5.73 Å². The molecule has 1 unspecified atom stereocenters. The number of hydrogen-bond acceptors (Lipinski definition) is 4. The number of aromatic amines is 1. The zero-order valence-corrected chi connectivity index (χ0v) is 8.14. The molecule has 68 valence electrons. The zero-order valence-electron chi connectivity index (χ0n) is 6.57. The summed E-state index contributed by atoms with van der Waals surface area (Å²) in [4.78, 5) is 3.97. The van der Waals surface area contributed by atoms with Gasteiger partial charge in [-0.05, 0) is 11.4 Å². The Morgan fingerprint density at radius 3 is 3.00 bits per heavy atom. The average Bonchev–Trinajstić information content (AvgIpc) is 2.72. The fourth-order valence-corrected chi connectivity index (χ4v) is 2.04. The predicted octanol–water partition coefficient (Wildman–Crippen LogP) is 1.57. The normalized spacial score (nSPS) is 13.1. The minimum absolute atomic E-state index is 0.318. The molecule has 1 atom stereocenters. The molecule has 0 saturated heterocycles. The molecular weight excluding hydrogens is 208 g/mol. The molecule has 2 rings (SSSR count). The van der Waals surface area contributed by atoms with Crippen LogP contribution in [0.25, 0.3) is 0 Å². The Morgan fingerprint density at radius 1 is 1.62 bits per heavy atom. The van der Waals surface area contributed by atoms with Gasteiger partial charge in [-0.25, -0.2) is 4.98 Å². The number of halogens is 1. The lowest BCUT2D eigenvalue weighted by Gasteiger charge is -2.05. The van der Waals surface area contributed by atoms with Crippen LogP contribution in [0.2, 0.25) is 4.34 Å². The first-order valence-corrected chi connectivity index (χ1v) is 4.88. The topological polar surface area (TPSA) is 67.6 Å². The van der Waals surface area contributed by atoms with Crippen molar-refractivity contribution >= 4 is 22.9 Å². The van der Waals surface area contributed by atoms with E-state index in [2.05, 4.69) is 15.2 Å². The van der Waals surface area contributed by atoms with Crippen LogP contribution in [0.1, 0.15) is 17.4 Å². The van der Waals surface area contributed by atoms with Gasteiger partial charge >= 0.3 is 0 Å².